The topological polar surface area (TPSA) is 0 Å². The third-order valence-corrected chi connectivity index (χ3v) is 8.00. The molecule has 1 aliphatic heterocycles. The normalized spacial score (nSPS) is 36.1. The molecule has 1 aliphatic carbocycles. The fourth-order valence-corrected chi connectivity index (χ4v) is 7.26. The van der Waals surface area contributed by atoms with E-state index in [2.05, 4.69) is 41.0 Å². The van der Waals surface area contributed by atoms with Crippen molar-refractivity contribution < 1.29 is 0 Å². The molecule has 3 atom stereocenters. The van der Waals surface area contributed by atoms with Gasteiger partial charge in [0, 0.05) is 10.1 Å². The lowest BCUT2D eigenvalue weighted by Crippen LogP contribution is -2.28. The Morgan fingerprint density at radius 2 is 2.13 bits per heavy atom. The summed E-state index contributed by atoms with van der Waals surface area (Å²) in [6, 6.07) is 4.49. The average Bonchev–Trinajstić information content (AvgIpc) is 2.82. The van der Waals surface area contributed by atoms with E-state index in [1.807, 2.05) is 11.3 Å². The molecule has 0 aromatic carbocycles. The zero-order chi connectivity index (χ0) is 10.1. The lowest BCUT2D eigenvalue weighted by Gasteiger charge is -2.38. The second kappa shape index (κ2) is 4.72. The van der Waals surface area contributed by atoms with E-state index in [4.69, 9.17) is 0 Å². The lowest BCUT2D eigenvalue weighted by atomic mass is 9.90. The van der Waals surface area contributed by atoms with Crippen LogP contribution in [0.25, 0.3) is 0 Å². The van der Waals surface area contributed by atoms with Crippen LogP contribution in [0.15, 0.2) is 17.5 Å². The largest absolute Gasteiger partial charge is 0.147 e. The monoisotopic (exact) mass is 256 g/mol. The summed E-state index contributed by atoms with van der Waals surface area (Å²) in [5.41, 5.74) is 0. The summed E-state index contributed by atoms with van der Waals surface area (Å²) in [4.78, 5) is 1.58. The van der Waals surface area contributed by atoms with E-state index < -0.39 is 0 Å². The SMILES string of the molecule is c1csc(C2SCC3CCCCC3S2)c1. The molecule has 2 heterocycles. The van der Waals surface area contributed by atoms with E-state index in [1.165, 1.54) is 31.4 Å². The van der Waals surface area contributed by atoms with Gasteiger partial charge in [0.25, 0.3) is 0 Å². The first-order valence-electron chi connectivity index (χ1n) is 5.74. The van der Waals surface area contributed by atoms with E-state index >= 15 is 0 Å². The fraction of sp³-hybridized carbons (Fsp3) is 0.667. The summed E-state index contributed by atoms with van der Waals surface area (Å²) in [5, 5.41) is 3.18. The van der Waals surface area contributed by atoms with Crippen molar-refractivity contribution in [3.63, 3.8) is 0 Å². The van der Waals surface area contributed by atoms with Crippen LogP contribution in [0.1, 0.15) is 35.1 Å². The maximum Gasteiger partial charge on any atom is 0.0846 e. The summed E-state index contributed by atoms with van der Waals surface area (Å²) < 4.78 is 0.740. The van der Waals surface area contributed by atoms with Crippen LogP contribution in [0, 0.1) is 5.92 Å². The van der Waals surface area contributed by atoms with Gasteiger partial charge in [0.2, 0.25) is 0 Å². The molecular formula is C12H16S3. The average molecular weight is 256 g/mol. The maximum absolute atomic E-state index is 2.30. The predicted octanol–water partition coefficient (Wildman–Crippen LogP) is 4.79. The van der Waals surface area contributed by atoms with Crippen molar-refractivity contribution in [2.45, 2.75) is 35.5 Å². The molecule has 0 amide bonds. The van der Waals surface area contributed by atoms with E-state index in [9.17, 15) is 0 Å². The lowest BCUT2D eigenvalue weighted by molar-refractivity contribution is 0.401. The molecule has 0 spiro atoms. The van der Waals surface area contributed by atoms with Gasteiger partial charge in [-0.2, -0.15) is 0 Å². The van der Waals surface area contributed by atoms with Gasteiger partial charge in [-0.25, -0.2) is 0 Å². The van der Waals surface area contributed by atoms with Crippen molar-refractivity contribution in [2.24, 2.45) is 5.92 Å². The van der Waals surface area contributed by atoms with Crippen molar-refractivity contribution in [2.75, 3.05) is 5.75 Å². The van der Waals surface area contributed by atoms with Crippen LogP contribution in [0.4, 0.5) is 0 Å². The molecule has 15 heavy (non-hydrogen) atoms. The quantitative estimate of drug-likeness (QED) is 0.709. The number of fused-ring (bicyclic) bond motifs is 1. The van der Waals surface area contributed by atoms with Crippen molar-refractivity contribution in [3.8, 4) is 0 Å². The molecule has 1 aromatic heterocycles. The van der Waals surface area contributed by atoms with Crippen molar-refractivity contribution in [1.29, 1.82) is 0 Å². The molecule has 1 saturated heterocycles. The summed E-state index contributed by atoms with van der Waals surface area (Å²) in [5.74, 6) is 2.42. The van der Waals surface area contributed by atoms with Crippen molar-refractivity contribution in [1.82, 2.24) is 0 Å². The van der Waals surface area contributed by atoms with Crippen LogP contribution in [-0.4, -0.2) is 11.0 Å². The molecular weight excluding hydrogens is 240 g/mol. The molecule has 0 N–H and O–H groups in total. The molecule has 82 valence electrons. The molecule has 1 saturated carbocycles. The minimum absolute atomic E-state index is 0.740. The van der Waals surface area contributed by atoms with Gasteiger partial charge in [-0.1, -0.05) is 18.9 Å². The smallest absolute Gasteiger partial charge is 0.0846 e. The maximum atomic E-state index is 2.30. The highest BCUT2D eigenvalue weighted by molar-refractivity contribution is 8.17. The molecule has 0 radical (unpaired) electrons. The Balaban J connectivity index is 1.70. The molecule has 2 fully saturated rings. The van der Waals surface area contributed by atoms with Gasteiger partial charge in [0.05, 0.1) is 4.58 Å². The Morgan fingerprint density at radius 1 is 1.20 bits per heavy atom. The van der Waals surface area contributed by atoms with Gasteiger partial charge in [0.15, 0.2) is 0 Å². The van der Waals surface area contributed by atoms with Crippen LogP contribution in [-0.2, 0) is 0 Å². The van der Waals surface area contributed by atoms with E-state index in [1.54, 1.807) is 4.88 Å². The Labute approximate surface area is 104 Å². The van der Waals surface area contributed by atoms with Gasteiger partial charge in [-0.05, 0) is 36.0 Å². The Morgan fingerprint density at radius 3 is 3.00 bits per heavy atom. The molecule has 3 heteroatoms. The molecule has 2 aliphatic rings. The molecule has 3 unspecified atom stereocenters. The first kappa shape index (κ1) is 10.5. The Hall–Kier alpha value is 0.400. The molecule has 3 rings (SSSR count). The van der Waals surface area contributed by atoms with Crippen LogP contribution >= 0.6 is 34.9 Å². The first-order chi connectivity index (χ1) is 7.43. The highest BCUT2D eigenvalue weighted by Gasteiger charge is 2.33. The van der Waals surface area contributed by atoms with Gasteiger partial charge in [-0.3, -0.25) is 0 Å². The minimum atomic E-state index is 0.740. The second-order valence-corrected chi connectivity index (χ2v) is 8.16. The highest BCUT2D eigenvalue weighted by atomic mass is 32.2. The standard InChI is InChI=1S/C12H16S3/c1-2-5-10-9(4-1)8-14-12(15-10)11-6-3-7-13-11/h3,6-7,9-10,12H,1-2,4-5,8H2. The number of hydrogen-bond acceptors (Lipinski definition) is 3. The molecule has 0 nitrogen and oxygen atoms in total. The fourth-order valence-electron chi connectivity index (χ4n) is 2.53. The van der Waals surface area contributed by atoms with Crippen LogP contribution in [0.5, 0.6) is 0 Å². The first-order valence-corrected chi connectivity index (χ1v) is 8.61. The van der Waals surface area contributed by atoms with E-state index in [0.29, 0.717) is 0 Å². The third-order valence-electron chi connectivity index (χ3n) is 3.37. The third kappa shape index (κ3) is 2.25. The summed E-state index contributed by atoms with van der Waals surface area (Å²) >= 11 is 6.35. The number of rotatable bonds is 1. The zero-order valence-electron chi connectivity index (χ0n) is 8.72. The highest BCUT2D eigenvalue weighted by Crippen LogP contribution is 2.53. The zero-order valence-corrected chi connectivity index (χ0v) is 11.2. The predicted molar refractivity (Wildman–Crippen MR) is 72.9 cm³/mol. The molecule has 0 bridgehead atoms. The van der Waals surface area contributed by atoms with Gasteiger partial charge in [0.1, 0.15) is 0 Å². The van der Waals surface area contributed by atoms with Crippen LogP contribution in [0.3, 0.4) is 0 Å². The van der Waals surface area contributed by atoms with Crippen LogP contribution < -0.4 is 0 Å². The minimum Gasteiger partial charge on any atom is -0.147 e. The number of thiophene rings is 1. The summed E-state index contributed by atoms with van der Waals surface area (Å²) in [6.45, 7) is 0. The van der Waals surface area contributed by atoms with E-state index in [0.717, 1.165) is 15.7 Å². The van der Waals surface area contributed by atoms with Crippen molar-refractivity contribution >= 4 is 34.9 Å². The van der Waals surface area contributed by atoms with E-state index in [-0.39, 0.29) is 0 Å². The summed E-state index contributed by atoms with van der Waals surface area (Å²) in [7, 11) is 0. The van der Waals surface area contributed by atoms with Crippen molar-refractivity contribution in [3.05, 3.63) is 22.4 Å². The Kier molecular flexibility index (Phi) is 3.32. The van der Waals surface area contributed by atoms with Gasteiger partial charge >= 0.3 is 0 Å². The Bertz CT molecular complexity index is 307. The van der Waals surface area contributed by atoms with Gasteiger partial charge < -0.3 is 0 Å². The second-order valence-electron chi connectivity index (χ2n) is 4.40. The summed E-state index contributed by atoms with van der Waals surface area (Å²) in [6.07, 6.45) is 5.90. The van der Waals surface area contributed by atoms with Crippen LogP contribution in [0.2, 0.25) is 0 Å². The van der Waals surface area contributed by atoms with Gasteiger partial charge in [-0.15, -0.1) is 34.9 Å². The molecule has 1 aromatic rings. The number of hydrogen-bond donors (Lipinski definition) is 0. The number of thioether (sulfide) groups is 2.